The van der Waals surface area contributed by atoms with Gasteiger partial charge in [0.1, 0.15) is 0 Å². The van der Waals surface area contributed by atoms with E-state index in [2.05, 4.69) is 20.2 Å². The van der Waals surface area contributed by atoms with Gasteiger partial charge < -0.3 is 0 Å². The van der Waals surface area contributed by atoms with Gasteiger partial charge in [0.25, 0.3) is 0 Å². The van der Waals surface area contributed by atoms with E-state index >= 15 is 0 Å². The second-order valence-electron chi connectivity index (χ2n) is 0.227. The van der Waals surface area contributed by atoms with Crippen molar-refractivity contribution in [3.63, 3.8) is 0 Å². The van der Waals surface area contributed by atoms with E-state index in [1.807, 2.05) is 0 Å². The SMILES string of the molecule is ClC=C=[Se]. The molecule has 0 nitrogen and oxygen atoms in total. The number of halogens is 1. The first-order valence-electron chi connectivity index (χ1n) is 0.711. The van der Waals surface area contributed by atoms with Crippen molar-refractivity contribution in [2.75, 3.05) is 0 Å². The van der Waals surface area contributed by atoms with Crippen LogP contribution < -0.4 is 0 Å². The summed E-state index contributed by atoms with van der Waals surface area (Å²) in [7, 11) is 0. The zero-order valence-electron chi connectivity index (χ0n) is 1.86. The Bertz CT molecular complexity index is 44.0. The summed E-state index contributed by atoms with van der Waals surface area (Å²) < 4.78 is 2.45. The van der Waals surface area contributed by atoms with Crippen LogP contribution in [0.15, 0.2) is 5.54 Å². The topological polar surface area (TPSA) is 0 Å². The van der Waals surface area contributed by atoms with E-state index in [0.717, 1.165) is 0 Å². The predicted molar refractivity (Wildman–Crippen MR) is 21.2 cm³/mol. The van der Waals surface area contributed by atoms with Crippen LogP contribution in [0.25, 0.3) is 0 Å². The first-order chi connectivity index (χ1) is 1.91. The third-order valence-corrected chi connectivity index (χ3v) is 0.694. The fourth-order valence-corrected chi connectivity index (χ4v) is 0. The zero-order valence-corrected chi connectivity index (χ0v) is 4.33. The third-order valence-electron chi connectivity index (χ3n) is 0.0445. The summed E-state index contributed by atoms with van der Waals surface area (Å²) in [5.41, 5.74) is 1.29. The van der Waals surface area contributed by atoms with Gasteiger partial charge in [0.2, 0.25) is 0 Å². The molecule has 0 unspecified atom stereocenters. The molecule has 0 spiro atoms. The average molecular weight is 139 g/mol. The number of hydrogen-bond donors (Lipinski definition) is 0. The summed E-state index contributed by atoms with van der Waals surface area (Å²) in [6.45, 7) is 0. The Hall–Kier alpha value is 0.459. The van der Waals surface area contributed by atoms with Crippen LogP contribution in [-0.4, -0.2) is 20.2 Å². The van der Waals surface area contributed by atoms with E-state index < -0.39 is 0 Å². The minimum absolute atomic E-state index is 1.29. The van der Waals surface area contributed by atoms with Gasteiger partial charge >= 0.3 is 37.3 Å². The average Bonchev–Trinajstić information content (AvgIpc) is 1.37. The van der Waals surface area contributed by atoms with Gasteiger partial charge in [-0.15, -0.1) is 0 Å². The standard InChI is InChI=1S/C2HClSe/c3-1-2-4/h1H. The van der Waals surface area contributed by atoms with Crippen LogP contribution in [0.3, 0.4) is 0 Å². The summed E-state index contributed by atoms with van der Waals surface area (Å²) >= 11 is 7.37. The molecular formula is C2HClSe. The second-order valence-corrected chi connectivity index (χ2v) is 0.940. The molecule has 0 aromatic carbocycles. The molecule has 0 fully saturated rings. The molecule has 0 aromatic rings. The summed E-state index contributed by atoms with van der Waals surface area (Å²) in [5.74, 6) is 0. The van der Waals surface area contributed by atoms with Gasteiger partial charge in [-0.1, -0.05) is 0 Å². The molecule has 0 aliphatic rings. The van der Waals surface area contributed by atoms with Crippen LogP contribution in [0, 0.1) is 0 Å². The summed E-state index contributed by atoms with van der Waals surface area (Å²) in [4.78, 5) is 0. The molecule has 4 heavy (non-hydrogen) atoms. The third kappa shape index (κ3) is 2.46. The van der Waals surface area contributed by atoms with Crippen molar-refractivity contribution < 1.29 is 0 Å². The Morgan fingerprint density at radius 2 is 2.25 bits per heavy atom. The molecule has 0 aromatic heterocycles. The van der Waals surface area contributed by atoms with Crippen molar-refractivity contribution in [1.82, 2.24) is 0 Å². The Morgan fingerprint density at radius 1 is 2.00 bits per heavy atom. The van der Waals surface area contributed by atoms with Crippen molar-refractivity contribution in [2.45, 2.75) is 0 Å². The van der Waals surface area contributed by atoms with E-state index in [1.54, 1.807) is 0 Å². The molecule has 0 bridgehead atoms. The predicted octanol–water partition coefficient (Wildman–Crippen LogP) is 0.308. The van der Waals surface area contributed by atoms with Gasteiger partial charge in [-0.25, -0.2) is 0 Å². The normalized spacial score (nSPS) is 4.25. The molecular weight excluding hydrogens is 138 g/mol. The van der Waals surface area contributed by atoms with Crippen LogP contribution in [0.1, 0.15) is 0 Å². The molecule has 0 heterocycles. The van der Waals surface area contributed by atoms with E-state index in [4.69, 9.17) is 11.6 Å². The maximum absolute atomic E-state index is 4.92. The van der Waals surface area contributed by atoms with Crippen LogP contribution in [0.5, 0.6) is 0 Å². The summed E-state index contributed by atoms with van der Waals surface area (Å²) in [6.07, 6.45) is 0. The van der Waals surface area contributed by atoms with E-state index in [-0.39, 0.29) is 0 Å². The Kier molecular flexibility index (Phi) is 3.86. The zero-order chi connectivity index (χ0) is 3.41. The molecule has 0 saturated heterocycles. The second kappa shape index (κ2) is 3.46. The van der Waals surface area contributed by atoms with Gasteiger partial charge in [-0.2, -0.15) is 0 Å². The van der Waals surface area contributed by atoms with Crippen LogP contribution in [0.2, 0.25) is 0 Å². The van der Waals surface area contributed by atoms with Crippen molar-refractivity contribution >= 4 is 31.8 Å². The molecule has 0 N–H and O–H groups in total. The first-order valence-corrected chi connectivity index (χ1v) is 2.00. The first kappa shape index (κ1) is 4.46. The van der Waals surface area contributed by atoms with Gasteiger partial charge in [-0.05, 0) is 0 Å². The Morgan fingerprint density at radius 3 is 2.25 bits per heavy atom. The van der Waals surface area contributed by atoms with E-state index in [1.165, 1.54) is 5.54 Å². The van der Waals surface area contributed by atoms with E-state index in [9.17, 15) is 0 Å². The van der Waals surface area contributed by atoms with Gasteiger partial charge in [0.05, 0.1) is 0 Å². The monoisotopic (exact) mass is 140 g/mol. The van der Waals surface area contributed by atoms with Gasteiger partial charge in [0.15, 0.2) is 0 Å². The minimum atomic E-state index is 1.29. The van der Waals surface area contributed by atoms with Crippen LogP contribution in [0.4, 0.5) is 0 Å². The van der Waals surface area contributed by atoms with Crippen molar-refractivity contribution in [2.24, 2.45) is 0 Å². The fraction of sp³-hybridized carbons (Fsp3) is 0. The summed E-state index contributed by atoms with van der Waals surface area (Å²) in [5, 5.41) is 0. The maximum atomic E-state index is 4.92. The quantitative estimate of drug-likeness (QED) is 0.424. The Balaban J connectivity index is 3.11. The number of hydrogen-bond acceptors (Lipinski definition) is 0. The fourth-order valence-electron chi connectivity index (χ4n) is 0. The van der Waals surface area contributed by atoms with E-state index in [0.29, 0.717) is 0 Å². The molecule has 22 valence electrons. The van der Waals surface area contributed by atoms with Gasteiger partial charge in [0, 0.05) is 0 Å². The number of rotatable bonds is 0. The molecule has 0 aliphatic heterocycles. The summed E-state index contributed by atoms with van der Waals surface area (Å²) in [6, 6.07) is 0. The molecule has 0 saturated carbocycles. The molecule has 0 amide bonds. The molecule has 0 rings (SSSR count). The van der Waals surface area contributed by atoms with Crippen molar-refractivity contribution in [3.05, 3.63) is 5.54 Å². The molecule has 0 aliphatic carbocycles. The van der Waals surface area contributed by atoms with Crippen LogP contribution >= 0.6 is 11.6 Å². The molecule has 2 heteroatoms. The molecule has 0 radical (unpaired) electrons. The molecule has 0 atom stereocenters. The van der Waals surface area contributed by atoms with Crippen LogP contribution in [-0.2, 0) is 0 Å². The van der Waals surface area contributed by atoms with Gasteiger partial charge in [-0.3, -0.25) is 0 Å². The van der Waals surface area contributed by atoms with Crippen molar-refractivity contribution in [3.8, 4) is 0 Å². The Labute approximate surface area is 37.8 Å². The van der Waals surface area contributed by atoms with Crippen molar-refractivity contribution in [1.29, 1.82) is 0 Å².